The van der Waals surface area contributed by atoms with Crippen molar-refractivity contribution < 1.29 is 23.4 Å². The third-order valence-corrected chi connectivity index (χ3v) is 4.06. The van der Waals surface area contributed by atoms with E-state index in [2.05, 4.69) is 0 Å². The molecule has 25 heavy (non-hydrogen) atoms. The molecule has 2 aromatic carbocycles. The van der Waals surface area contributed by atoms with E-state index in [-0.39, 0.29) is 18.7 Å². The predicted octanol–water partition coefficient (Wildman–Crippen LogP) is 3.57. The van der Waals surface area contributed by atoms with E-state index in [0.29, 0.717) is 12.2 Å². The summed E-state index contributed by atoms with van der Waals surface area (Å²) in [5, 5.41) is 0. The first-order chi connectivity index (χ1) is 12.0. The van der Waals surface area contributed by atoms with Crippen LogP contribution < -0.4 is 4.74 Å². The summed E-state index contributed by atoms with van der Waals surface area (Å²) < 4.78 is 30.1. The number of hydrogen-bond donors (Lipinski definition) is 0. The Morgan fingerprint density at radius 1 is 1.04 bits per heavy atom. The Labute approximate surface area is 147 Å². The van der Waals surface area contributed by atoms with Gasteiger partial charge in [0.15, 0.2) is 5.60 Å². The fourth-order valence-electron chi connectivity index (χ4n) is 2.85. The Kier molecular flexibility index (Phi) is 6.53. The van der Waals surface area contributed by atoms with Gasteiger partial charge in [-0.15, -0.1) is 0 Å². The highest BCUT2D eigenvalue weighted by Crippen LogP contribution is 2.27. The molecule has 0 radical (unpaired) electrons. The Morgan fingerprint density at radius 2 is 1.72 bits per heavy atom. The van der Waals surface area contributed by atoms with Crippen LogP contribution in [0.1, 0.15) is 18.1 Å². The molecule has 134 valence electrons. The monoisotopic (exact) mass is 346 g/mol. The van der Waals surface area contributed by atoms with E-state index in [0.717, 1.165) is 11.3 Å². The number of ether oxygens (including phenoxy) is 3. The fourth-order valence-corrected chi connectivity index (χ4v) is 2.85. The van der Waals surface area contributed by atoms with Crippen molar-refractivity contribution in [2.45, 2.75) is 25.4 Å². The van der Waals surface area contributed by atoms with Gasteiger partial charge in [0, 0.05) is 19.4 Å². The second-order valence-electron chi connectivity index (χ2n) is 5.71. The van der Waals surface area contributed by atoms with Crippen molar-refractivity contribution in [2.75, 3.05) is 20.8 Å². The zero-order valence-corrected chi connectivity index (χ0v) is 14.8. The van der Waals surface area contributed by atoms with E-state index in [1.165, 1.54) is 13.2 Å². The molecule has 0 saturated heterocycles. The lowest BCUT2D eigenvalue weighted by Crippen LogP contribution is -2.47. The molecule has 0 spiro atoms. The minimum Gasteiger partial charge on any atom is -0.497 e. The van der Waals surface area contributed by atoms with Crippen LogP contribution in [-0.2, 0) is 27.1 Å². The lowest BCUT2D eigenvalue weighted by Gasteiger charge is -2.31. The Morgan fingerprint density at radius 3 is 2.28 bits per heavy atom. The van der Waals surface area contributed by atoms with Crippen molar-refractivity contribution in [3.63, 3.8) is 0 Å². The summed E-state index contributed by atoms with van der Waals surface area (Å²) in [5.41, 5.74) is -0.00819. The van der Waals surface area contributed by atoms with Crippen molar-refractivity contribution in [3.05, 3.63) is 65.5 Å². The number of hydrogen-bond acceptors (Lipinski definition) is 4. The molecular formula is C20H23FO4. The van der Waals surface area contributed by atoms with Gasteiger partial charge in [-0.1, -0.05) is 30.3 Å². The number of esters is 1. The third kappa shape index (κ3) is 4.57. The molecule has 0 aliphatic rings. The van der Waals surface area contributed by atoms with Crippen LogP contribution >= 0.6 is 0 Å². The smallest absolute Gasteiger partial charge is 0.338 e. The van der Waals surface area contributed by atoms with Crippen LogP contribution in [0.15, 0.2) is 48.5 Å². The second kappa shape index (κ2) is 8.62. The highest BCUT2D eigenvalue weighted by atomic mass is 19.1. The lowest BCUT2D eigenvalue weighted by atomic mass is 9.87. The number of benzene rings is 2. The first-order valence-electron chi connectivity index (χ1n) is 8.13. The van der Waals surface area contributed by atoms with Crippen LogP contribution in [0.2, 0.25) is 0 Å². The zero-order chi connectivity index (χ0) is 18.3. The lowest BCUT2D eigenvalue weighted by molar-refractivity contribution is -0.169. The van der Waals surface area contributed by atoms with Gasteiger partial charge in [0.05, 0.1) is 14.2 Å². The minimum atomic E-state index is -1.29. The van der Waals surface area contributed by atoms with Crippen molar-refractivity contribution in [3.8, 4) is 5.75 Å². The molecule has 0 amide bonds. The molecule has 0 aliphatic heterocycles. The quantitative estimate of drug-likeness (QED) is 0.686. The first-order valence-corrected chi connectivity index (χ1v) is 8.13. The van der Waals surface area contributed by atoms with Gasteiger partial charge < -0.3 is 14.2 Å². The summed E-state index contributed by atoms with van der Waals surface area (Å²) in [6, 6.07) is 13.7. The maximum absolute atomic E-state index is 14.1. The molecule has 5 heteroatoms. The van der Waals surface area contributed by atoms with Gasteiger partial charge >= 0.3 is 5.97 Å². The normalized spacial score (nSPS) is 13.1. The van der Waals surface area contributed by atoms with Crippen LogP contribution in [0, 0.1) is 5.82 Å². The van der Waals surface area contributed by atoms with Gasteiger partial charge in [-0.2, -0.15) is 0 Å². The number of methoxy groups -OCH3 is 2. The average molecular weight is 346 g/mol. The van der Waals surface area contributed by atoms with Crippen molar-refractivity contribution in [2.24, 2.45) is 0 Å². The molecule has 0 fully saturated rings. The number of halogens is 1. The Bertz CT molecular complexity index is 699. The van der Waals surface area contributed by atoms with Gasteiger partial charge in [0.25, 0.3) is 0 Å². The molecular weight excluding hydrogens is 323 g/mol. The summed E-state index contributed by atoms with van der Waals surface area (Å²) in [6.07, 6.45) is 0.359. The van der Waals surface area contributed by atoms with E-state index < -0.39 is 11.6 Å². The topological polar surface area (TPSA) is 44.8 Å². The van der Waals surface area contributed by atoms with Crippen LogP contribution in [-0.4, -0.2) is 32.4 Å². The van der Waals surface area contributed by atoms with Gasteiger partial charge in [0.2, 0.25) is 0 Å². The predicted molar refractivity (Wildman–Crippen MR) is 93.2 cm³/mol. The Balaban J connectivity index is 2.38. The molecule has 1 atom stereocenters. The number of carbonyl (C=O) groups is 1. The second-order valence-corrected chi connectivity index (χ2v) is 5.71. The van der Waals surface area contributed by atoms with Gasteiger partial charge in [-0.05, 0) is 36.2 Å². The van der Waals surface area contributed by atoms with E-state index in [9.17, 15) is 9.18 Å². The summed E-state index contributed by atoms with van der Waals surface area (Å²) in [6.45, 7) is 2.10. The van der Waals surface area contributed by atoms with Crippen LogP contribution in [0.4, 0.5) is 4.39 Å². The molecule has 0 bridgehead atoms. The van der Waals surface area contributed by atoms with Gasteiger partial charge in [-0.3, -0.25) is 0 Å². The molecule has 1 unspecified atom stereocenters. The number of carbonyl (C=O) groups excluding carboxylic acids is 1. The van der Waals surface area contributed by atoms with Crippen LogP contribution in [0.25, 0.3) is 0 Å². The Hall–Kier alpha value is -2.40. The maximum Gasteiger partial charge on any atom is 0.338 e. The van der Waals surface area contributed by atoms with Gasteiger partial charge in [0.1, 0.15) is 11.6 Å². The summed E-state index contributed by atoms with van der Waals surface area (Å²) in [5.74, 6) is -0.170. The van der Waals surface area contributed by atoms with Crippen LogP contribution in [0.3, 0.4) is 0 Å². The molecule has 0 saturated carbocycles. The summed E-state index contributed by atoms with van der Waals surface area (Å²) in [4.78, 5) is 12.6. The SMILES string of the molecule is CCOC(Cc1ccc(OC)cc1)(Cc1ccccc1F)C(=O)OC. The molecule has 0 heterocycles. The molecule has 2 aromatic rings. The molecule has 2 rings (SSSR count). The highest BCUT2D eigenvalue weighted by Gasteiger charge is 2.41. The molecule has 0 N–H and O–H groups in total. The maximum atomic E-state index is 14.1. The van der Waals surface area contributed by atoms with Gasteiger partial charge in [-0.25, -0.2) is 9.18 Å². The van der Waals surface area contributed by atoms with Crippen molar-refractivity contribution in [1.29, 1.82) is 0 Å². The molecule has 0 aromatic heterocycles. The fraction of sp³-hybridized carbons (Fsp3) is 0.350. The summed E-state index contributed by atoms with van der Waals surface area (Å²) in [7, 11) is 2.90. The first kappa shape index (κ1) is 18.9. The van der Waals surface area contributed by atoms with E-state index in [1.54, 1.807) is 32.2 Å². The van der Waals surface area contributed by atoms with E-state index >= 15 is 0 Å². The minimum absolute atomic E-state index is 0.0895. The largest absolute Gasteiger partial charge is 0.497 e. The van der Waals surface area contributed by atoms with E-state index in [4.69, 9.17) is 14.2 Å². The standard InChI is InChI=1S/C20H23FO4/c1-4-25-20(19(22)24-3,14-16-7-5-6-8-18(16)21)13-15-9-11-17(23-2)12-10-15/h5-12H,4,13-14H2,1-3H3. The zero-order valence-electron chi connectivity index (χ0n) is 14.8. The van der Waals surface area contributed by atoms with Crippen LogP contribution in [0.5, 0.6) is 5.75 Å². The van der Waals surface area contributed by atoms with Crippen molar-refractivity contribution >= 4 is 5.97 Å². The number of rotatable bonds is 8. The van der Waals surface area contributed by atoms with E-state index in [1.807, 2.05) is 24.3 Å². The average Bonchev–Trinajstić information content (AvgIpc) is 2.63. The van der Waals surface area contributed by atoms with Crippen molar-refractivity contribution in [1.82, 2.24) is 0 Å². The highest BCUT2D eigenvalue weighted by molar-refractivity contribution is 5.80. The molecule has 0 aliphatic carbocycles. The third-order valence-electron chi connectivity index (χ3n) is 4.06. The molecule has 4 nitrogen and oxygen atoms in total. The summed E-state index contributed by atoms with van der Waals surface area (Å²) >= 11 is 0.